The Kier molecular flexibility index (Phi) is 4.78. The number of rotatable bonds is 3. The van der Waals surface area contributed by atoms with Gasteiger partial charge < -0.3 is 0 Å². The Balaban J connectivity index is 2.05. The molecule has 2 heterocycles. The van der Waals surface area contributed by atoms with Gasteiger partial charge in [0.2, 0.25) is 11.9 Å². The van der Waals surface area contributed by atoms with Crippen LogP contribution >= 0.6 is 11.6 Å². The van der Waals surface area contributed by atoms with Crippen LogP contribution in [-0.2, 0) is 11.3 Å². The summed E-state index contributed by atoms with van der Waals surface area (Å²) in [4.78, 5) is 31.9. The first-order chi connectivity index (χ1) is 12.3. The molecule has 1 aromatic rings. The topological polar surface area (TPSA) is 80.4 Å². The first-order valence-electron chi connectivity index (χ1n) is 8.09. The highest BCUT2D eigenvalue weighted by Crippen LogP contribution is 2.22. The fraction of sp³-hybridized carbons (Fsp3) is 0.353. The molecular weight excluding hydrogens is 356 g/mol. The van der Waals surface area contributed by atoms with Crippen LogP contribution in [0.3, 0.4) is 0 Å². The van der Waals surface area contributed by atoms with Crippen molar-refractivity contribution in [2.45, 2.75) is 26.4 Å². The second-order valence-corrected chi connectivity index (χ2v) is 6.73. The van der Waals surface area contributed by atoms with E-state index >= 15 is 0 Å². The summed E-state index contributed by atoms with van der Waals surface area (Å²) < 4.78 is 1.77. The first kappa shape index (κ1) is 18.1. The number of amides is 3. The number of likely N-dealkylation sites (N-methyl/N-ethyl adjacent to an activating group) is 2. The lowest BCUT2D eigenvalue weighted by atomic mass is 10.1. The second kappa shape index (κ2) is 6.87. The summed E-state index contributed by atoms with van der Waals surface area (Å²) in [5.74, 6) is 0.430. The zero-order chi connectivity index (χ0) is 19.0. The summed E-state index contributed by atoms with van der Waals surface area (Å²) in [5.41, 5.74) is 4.54. The lowest BCUT2D eigenvalue weighted by Crippen LogP contribution is -2.61. The lowest BCUT2D eigenvalue weighted by Gasteiger charge is -2.31. The number of halogens is 1. The van der Waals surface area contributed by atoms with Gasteiger partial charge in [0, 0.05) is 30.4 Å². The number of carbonyl (C=O) groups excluding carboxylic acids is 2. The summed E-state index contributed by atoms with van der Waals surface area (Å²) in [6.07, 6.45) is 0. The van der Waals surface area contributed by atoms with Gasteiger partial charge in [-0.1, -0.05) is 34.8 Å². The first-order valence-corrected chi connectivity index (χ1v) is 8.46. The number of imide groups is 1. The van der Waals surface area contributed by atoms with Gasteiger partial charge in [-0.05, 0) is 19.9 Å². The molecule has 3 amide bonds. The predicted octanol–water partition coefficient (Wildman–Crippen LogP) is 1.50. The minimum atomic E-state index is -0.714. The number of guanidine groups is 1. The Morgan fingerprint density at radius 2 is 1.96 bits per heavy atom. The maximum Gasteiger partial charge on any atom is 0.414 e. The third-order valence-electron chi connectivity index (χ3n) is 4.21. The molecule has 1 N–H and O–H groups in total. The molecule has 1 fully saturated rings. The van der Waals surface area contributed by atoms with Crippen LogP contribution in [0.5, 0.6) is 0 Å². The van der Waals surface area contributed by atoms with Gasteiger partial charge in [-0.3, -0.25) is 14.6 Å². The van der Waals surface area contributed by atoms with Gasteiger partial charge in [-0.2, -0.15) is 5.43 Å². The van der Waals surface area contributed by atoms with Gasteiger partial charge in [0.15, 0.2) is 0 Å². The molecule has 2 aliphatic rings. The van der Waals surface area contributed by atoms with Crippen molar-refractivity contribution in [3.05, 3.63) is 34.9 Å². The fourth-order valence-corrected chi connectivity index (χ4v) is 3.02. The van der Waals surface area contributed by atoms with E-state index in [9.17, 15) is 9.59 Å². The van der Waals surface area contributed by atoms with Crippen molar-refractivity contribution in [1.82, 2.24) is 15.2 Å². The largest absolute Gasteiger partial charge is 0.414 e. The second-order valence-electron chi connectivity index (χ2n) is 6.33. The summed E-state index contributed by atoms with van der Waals surface area (Å²) in [7, 11) is 3.06. The highest BCUT2D eigenvalue weighted by molar-refractivity contribution is 6.31. The highest BCUT2D eigenvalue weighted by atomic mass is 35.5. The van der Waals surface area contributed by atoms with Crippen LogP contribution in [-0.4, -0.2) is 64.0 Å². The molecule has 1 unspecified atom stereocenters. The SMILES string of the molecule is CC(C)=NNC1=[N+](Cc2ccccc2Cl)C2C(=O)N(C)C(=O)N(C)C2=N1. The zero-order valence-electron chi connectivity index (χ0n) is 15.0. The van der Waals surface area contributed by atoms with Crippen molar-refractivity contribution >= 4 is 41.0 Å². The molecule has 0 aromatic heterocycles. The van der Waals surface area contributed by atoms with Crippen LogP contribution in [0.2, 0.25) is 5.02 Å². The van der Waals surface area contributed by atoms with Crippen LogP contribution in [0.1, 0.15) is 19.4 Å². The number of carbonyl (C=O) groups is 2. The minimum Gasteiger partial charge on any atom is -0.270 e. The molecular formula is C17H20ClN6O2+. The molecule has 8 nitrogen and oxygen atoms in total. The van der Waals surface area contributed by atoms with Crippen molar-refractivity contribution < 1.29 is 14.2 Å². The number of benzene rings is 1. The number of urea groups is 1. The predicted molar refractivity (Wildman–Crippen MR) is 99.5 cm³/mol. The maximum absolute atomic E-state index is 12.8. The van der Waals surface area contributed by atoms with Gasteiger partial charge in [0.1, 0.15) is 0 Å². The van der Waals surface area contributed by atoms with Crippen LogP contribution in [0.15, 0.2) is 34.4 Å². The number of nitrogens with zero attached hydrogens (tertiary/aromatic N) is 5. The highest BCUT2D eigenvalue weighted by Gasteiger charge is 2.51. The van der Waals surface area contributed by atoms with E-state index in [1.54, 1.807) is 17.7 Å². The molecule has 1 atom stereocenters. The normalized spacial score (nSPS) is 19.6. The molecule has 2 aliphatic heterocycles. The van der Waals surface area contributed by atoms with Crippen LogP contribution in [0, 0.1) is 0 Å². The molecule has 1 aromatic carbocycles. The maximum atomic E-state index is 12.8. The van der Waals surface area contributed by atoms with Crippen molar-refractivity contribution in [2.24, 2.45) is 10.1 Å². The molecule has 136 valence electrons. The summed E-state index contributed by atoms with van der Waals surface area (Å²) >= 11 is 6.29. The van der Waals surface area contributed by atoms with E-state index in [4.69, 9.17) is 11.6 Å². The third-order valence-corrected chi connectivity index (χ3v) is 4.58. The molecule has 1 saturated heterocycles. The minimum absolute atomic E-state index is 0.340. The Morgan fingerprint density at radius 1 is 1.27 bits per heavy atom. The van der Waals surface area contributed by atoms with Crippen molar-refractivity contribution in [3.8, 4) is 0 Å². The molecule has 0 radical (unpaired) electrons. The molecule has 0 spiro atoms. The average molecular weight is 376 g/mol. The standard InChI is InChI=1S/C17H19ClN6O2/c1-10(2)20-21-16-19-14-13(15(25)23(4)17(26)22(14)3)24(16)9-11-7-5-6-8-12(11)18/h5-8,13H,9H2,1-4H3/p+1. The number of fused-ring (bicyclic) bond motifs is 1. The Bertz CT molecular complexity index is 872. The van der Waals surface area contributed by atoms with Crippen molar-refractivity contribution in [1.29, 1.82) is 0 Å². The van der Waals surface area contributed by atoms with E-state index in [2.05, 4.69) is 15.5 Å². The average Bonchev–Trinajstić information content (AvgIpc) is 2.97. The van der Waals surface area contributed by atoms with Crippen LogP contribution < -0.4 is 5.43 Å². The number of nitrogens with one attached hydrogen (secondary N) is 1. The van der Waals surface area contributed by atoms with Crippen molar-refractivity contribution in [3.63, 3.8) is 0 Å². The smallest absolute Gasteiger partial charge is 0.270 e. The Labute approximate surface area is 156 Å². The molecule has 9 heteroatoms. The summed E-state index contributed by atoms with van der Waals surface area (Å²) in [5, 5.41) is 4.78. The van der Waals surface area contributed by atoms with Gasteiger partial charge >= 0.3 is 12.0 Å². The summed E-state index contributed by atoms with van der Waals surface area (Å²) in [6, 6.07) is 6.27. The molecule has 0 aliphatic carbocycles. The van der Waals surface area contributed by atoms with Crippen molar-refractivity contribution in [2.75, 3.05) is 14.1 Å². The number of aliphatic imine (C=N–C) groups is 1. The van der Waals surface area contributed by atoms with E-state index < -0.39 is 12.1 Å². The monoisotopic (exact) mass is 375 g/mol. The molecule has 3 rings (SSSR count). The quantitative estimate of drug-likeness (QED) is 0.494. The molecule has 26 heavy (non-hydrogen) atoms. The van der Waals surface area contributed by atoms with Gasteiger partial charge in [0.25, 0.3) is 5.91 Å². The number of hydrogen-bond donors (Lipinski definition) is 1. The van der Waals surface area contributed by atoms with E-state index in [0.717, 1.165) is 16.2 Å². The van der Waals surface area contributed by atoms with E-state index in [-0.39, 0.29) is 5.91 Å². The molecule has 0 saturated carbocycles. The lowest BCUT2D eigenvalue weighted by molar-refractivity contribution is -0.553. The molecule has 0 bridgehead atoms. The Hall–Kier alpha value is -2.74. The fourth-order valence-electron chi connectivity index (χ4n) is 2.83. The third kappa shape index (κ3) is 3.08. The van der Waals surface area contributed by atoms with Crippen LogP contribution in [0.4, 0.5) is 4.79 Å². The van der Waals surface area contributed by atoms with Gasteiger partial charge in [0.05, 0.1) is 6.54 Å². The van der Waals surface area contributed by atoms with E-state index in [1.165, 1.54) is 11.9 Å². The number of hydrogen-bond acceptors (Lipinski definition) is 5. The van der Waals surface area contributed by atoms with Gasteiger partial charge in [-0.15, -0.1) is 5.10 Å². The Morgan fingerprint density at radius 3 is 2.62 bits per heavy atom. The number of hydrazone groups is 1. The summed E-state index contributed by atoms with van der Waals surface area (Å²) in [6.45, 7) is 4.03. The number of amidine groups is 1. The van der Waals surface area contributed by atoms with Crippen LogP contribution in [0.25, 0.3) is 0 Å². The van der Waals surface area contributed by atoms with E-state index in [0.29, 0.717) is 23.4 Å². The van der Waals surface area contributed by atoms with E-state index in [1.807, 2.05) is 32.0 Å². The zero-order valence-corrected chi connectivity index (χ0v) is 15.8. The van der Waals surface area contributed by atoms with Gasteiger partial charge in [-0.25, -0.2) is 9.37 Å².